The standard InChI is InChI=1S/C18H16N4O2/c1-22(18(23)16-12-19-10-11-20-16)13-14-6-5-9-21-17(14)24-15-7-3-2-4-8-15/h2-12H,13H2,1H3. The molecule has 6 heteroatoms. The Morgan fingerprint density at radius 3 is 2.62 bits per heavy atom. The largest absolute Gasteiger partial charge is 0.439 e. The normalized spacial score (nSPS) is 10.2. The Morgan fingerprint density at radius 2 is 1.88 bits per heavy atom. The predicted octanol–water partition coefficient (Wildman–Crippen LogP) is 2.94. The molecule has 2 aromatic heterocycles. The van der Waals surface area contributed by atoms with Crippen LogP contribution in [0.1, 0.15) is 16.1 Å². The summed E-state index contributed by atoms with van der Waals surface area (Å²) in [5.41, 5.74) is 1.11. The van der Waals surface area contributed by atoms with Crippen molar-refractivity contribution in [1.82, 2.24) is 19.9 Å². The van der Waals surface area contributed by atoms with E-state index in [1.807, 2.05) is 42.5 Å². The van der Waals surface area contributed by atoms with Crippen molar-refractivity contribution in [3.05, 3.63) is 78.5 Å². The van der Waals surface area contributed by atoms with E-state index in [0.717, 1.165) is 5.56 Å². The predicted molar refractivity (Wildman–Crippen MR) is 88.6 cm³/mol. The number of rotatable bonds is 5. The molecule has 1 aromatic carbocycles. The van der Waals surface area contributed by atoms with Crippen LogP contribution in [0.4, 0.5) is 0 Å². The van der Waals surface area contributed by atoms with Crippen molar-refractivity contribution >= 4 is 5.91 Å². The lowest BCUT2D eigenvalue weighted by Gasteiger charge is -2.18. The van der Waals surface area contributed by atoms with Gasteiger partial charge in [-0.15, -0.1) is 0 Å². The number of pyridine rings is 1. The van der Waals surface area contributed by atoms with E-state index >= 15 is 0 Å². The van der Waals surface area contributed by atoms with Gasteiger partial charge < -0.3 is 9.64 Å². The smallest absolute Gasteiger partial charge is 0.274 e. The molecule has 6 nitrogen and oxygen atoms in total. The van der Waals surface area contributed by atoms with Crippen LogP contribution in [0.2, 0.25) is 0 Å². The van der Waals surface area contributed by atoms with Crippen LogP contribution in [0.5, 0.6) is 11.6 Å². The van der Waals surface area contributed by atoms with Crippen molar-refractivity contribution in [1.29, 1.82) is 0 Å². The summed E-state index contributed by atoms with van der Waals surface area (Å²) in [6.45, 7) is 0.353. The minimum atomic E-state index is -0.211. The molecule has 0 aliphatic rings. The summed E-state index contributed by atoms with van der Waals surface area (Å²) in [6.07, 6.45) is 6.13. The maximum absolute atomic E-state index is 12.4. The highest BCUT2D eigenvalue weighted by molar-refractivity contribution is 5.91. The van der Waals surface area contributed by atoms with Gasteiger partial charge in [0.2, 0.25) is 5.88 Å². The summed E-state index contributed by atoms with van der Waals surface area (Å²) in [4.78, 5) is 26.2. The highest BCUT2D eigenvalue weighted by Crippen LogP contribution is 2.23. The molecular weight excluding hydrogens is 304 g/mol. The number of hydrogen-bond acceptors (Lipinski definition) is 5. The van der Waals surface area contributed by atoms with Crippen molar-refractivity contribution < 1.29 is 9.53 Å². The minimum absolute atomic E-state index is 0.211. The Bertz CT molecular complexity index is 810. The molecule has 0 aliphatic heterocycles. The van der Waals surface area contributed by atoms with Crippen LogP contribution in [-0.4, -0.2) is 32.8 Å². The Hall–Kier alpha value is -3.28. The third-order valence-corrected chi connectivity index (χ3v) is 3.34. The van der Waals surface area contributed by atoms with Crippen molar-refractivity contribution in [2.45, 2.75) is 6.54 Å². The third kappa shape index (κ3) is 3.73. The molecule has 0 saturated carbocycles. The van der Waals surface area contributed by atoms with E-state index in [2.05, 4.69) is 15.0 Å². The van der Waals surface area contributed by atoms with Gasteiger partial charge in [0.15, 0.2) is 0 Å². The first-order chi connectivity index (χ1) is 11.7. The van der Waals surface area contributed by atoms with Gasteiger partial charge in [-0.05, 0) is 18.2 Å². The van der Waals surface area contributed by atoms with Gasteiger partial charge in [-0.25, -0.2) is 9.97 Å². The zero-order valence-electron chi connectivity index (χ0n) is 13.2. The quantitative estimate of drug-likeness (QED) is 0.723. The van der Waals surface area contributed by atoms with E-state index < -0.39 is 0 Å². The molecule has 0 aliphatic carbocycles. The summed E-state index contributed by atoms with van der Waals surface area (Å²) in [5.74, 6) is 0.959. The van der Waals surface area contributed by atoms with E-state index in [4.69, 9.17) is 4.74 Å². The van der Waals surface area contributed by atoms with Gasteiger partial charge in [-0.1, -0.05) is 24.3 Å². The average Bonchev–Trinajstić information content (AvgIpc) is 2.64. The van der Waals surface area contributed by atoms with Crippen LogP contribution in [0.15, 0.2) is 67.3 Å². The minimum Gasteiger partial charge on any atom is -0.439 e. The topological polar surface area (TPSA) is 68.2 Å². The van der Waals surface area contributed by atoms with Gasteiger partial charge in [0.05, 0.1) is 12.7 Å². The van der Waals surface area contributed by atoms with Crippen molar-refractivity contribution in [3.8, 4) is 11.6 Å². The van der Waals surface area contributed by atoms with Crippen molar-refractivity contribution in [3.63, 3.8) is 0 Å². The van der Waals surface area contributed by atoms with Crippen molar-refractivity contribution in [2.75, 3.05) is 7.05 Å². The Balaban J connectivity index is 1.76. The second-order valence-electron chi connectivity index (χ2n) is 5.13. The lowest BCUT2D eigenvalue weighted by Crippen LogP contribution is -2.27. The fraction of sp³-hybridized carbons (Fsp3) is 0.111. The molecular formula is C18H16N4O2. The van der Waals surface area contributed by atoms with Gasteiger partial charge in [0.1, 0.15) is 11.4 Å². The number of para-hydroxylation sites is 1. The molecule has 0 spiro atoms. The van der Waals surface area contributed by atoms with Crippen LogP contribution in [0.3, 0.4) is 0 Å². The number of hydrogen-bond donors (Lipinski definition) is 0. The summed E-state index contributed by atoms with van der Waals surface area (Å²) in [7, 11) is 1.70. The first-order valence-corrected chi connectivity index (χ1v) is 7.42. The fourth-order valence-electron chi connectivity index (χ4n) is 2.17. The second-order valence-corrected chi connectivity index (χ2v) is 5.13. The average molecular weight is 320 g/mol. The van der Waals surface area contributed by atoms with E-state index in [9.17, 15) is 4.79 Å². The monoisotopic (exact) mass is 320 g/mol. The molecule has 3 aromatic rings. The Morgan fingerprint density at radius 1 is 1.04 bits per heavy atom. The molecule has 1 amide bonds. The molecule has 24 heavy (non-hydrogen) atoms. The highest BCUT2D eigenvalue weighted by atomic mass is 16.5. The van der Waals surface area contributed by atoms with E-state index in [1.54, 1.807) is 18.1 Å². The molecule has 0 saturated heterocycles. The van der Waals surface area contributed by atoms with Gasteiger partial charge in [0, 0.05) is 31.2 Å². The molecule has 2 heterocycles. The first-order valence-electron chi connectivity index (χ1n) is 7.42. The number of benzene rings is 1. The van der Waals surface area contributed by atoms with Crippen LogP contribution < -0.4 is 4.74 Å². The molecule has 0 fully saturated rings. The molecule has 120 valence electrons. The van der Waals surface area contributed by atoms with Crippen molar-refractivity contribution in [2.24, 2.45) is 0 Å². The number of nitrogens with zero attached hydrogens (tertiary/aromatic N) is 4. The van der Waals surface area contributed by atoms with E-state index in [0.29, 0.717) is 23.9 Å². The third-order valence-electron chi connectivity index (χ3n) is 3.34. The summed E-state index contributed by atoms with van der Waals surface area (Å²) < 4.78 is 5.82. The number of amides is 1. The second kappa shape index (κ2) is 7.32. The summed E-state index contributed by atoms with van der Waals surface area (Å²) in [5, 5.41) is 0. The zero-order valence-corrected chi connectivity index (χ0v) is 13.2. The van der Waals surface area contributed by atoms with Crippen LogP contribution in [0, 0.1) is 0 Å². The lowest BCUT2D eigenvalue weighted by molar-refractivity contribution is 0.0778. The van der Waals surface area contributed by atoms with Gasteiger partial charge >= 0.3 is 0 Å². The molecule has 0 atom stereocenters. The van der Waals surface area contributed by atoms with E-state index in [-0.39, 0.29) is 5.91 Å². The number of aromatic nitrogens is 3. The molecule has 0 unspecified atom stereocenters. The Labute approximate surface area is 139 Å². The van der Waals surface area contributed by atoms with Gasteiger partial charge in [-0.3, -0.25) is 9.78 Å². The zero-order chi connectivity index (χ0) is 16.8. The molecule has 0 radical (unpaired) electrons. The highest BCUT2D eigenvalue weighted by Gasteiger charge is 2.16. The van der Waals surface area contributed by atoms with Gasteiger partial charge in [-0.2, -0.15) is 0 Å². The van der Waals surface area contributed by atoms with Gasteiger partial charge in [0.25, 0.3) is 5.91 Å². The van der Waals surface area contributed by atoms with Crippen LogP contribution in [-0.2, 0) is 6.54 Å². The fourth-order valence-corrected chi connectivity index (χ4v) is 2.17. The molecule has 3 rings (SSSR count). The number of carbonyl (C=O) groups is 1. The number of carbonyl (C=O) groups excluding carboxylic acids is 1. The summed E-state index contributed by atoms with van der Waals surface area (Å²) in [6, 6.07) is 13.1. The van der Waals surface area contributed by atoms with Crippen LogP contribution >= 0.6 is 0 Å². The first kappa shape index (κ1) is 15.6. The SMILES string of the molecule is CN(Cc1cccnc1Oc1ccccc1)C(=O)c1cnccn1. The molecule has 0 N–H and O–H groups in total. The maximum Gasteiger partial charge on any atom is 0.274 e. The molecule has 0 bridgehead atoms. The maximum atomic E-state index is 12.4. The van der Waals surface area contributed by atoms with Crippen LogP contribution in [0.25, 0.3) is 0 Å². The lowest BCUT2D eigenvalue weighted by atomic mass is 10.2. The summed E-state index contributed by atoms with van der Waals surface area (Å²) >= 11 is 0. The van der Waals surface area contributed by atoms with E-state index in [1.165, 1.54) is 18.6 Å². The number of ether oxygens (including phenoxy) is 1. The Kier molecular flexibility index (Phi) is 4.76.